The Kier molecular flexibility index (Phi) is 3.42. The van der Waals surface area contributed by atoms with Gasteiger partial charge in [-0.05, 0) is 17.7 Å². The fraction of sp³-hybridized carbons (Fsp3) is 0.0667. The number of nitrogens with zero attached hydrogens (tertiary/aromatic N) is 3. The topological polar surface area (TPSA) is 30.7 Å². The second-order valence-corrected chi connectivity index (χ2v) is 5.21. The van der Waals surface area contributed by atoms with Gasteiger partial charge in [-0.3, -0.25) is 0 Å². The maximum atomic E-state index is 4.21. The molecule has 0 N–H and O–H groups in total. The lowest BCUT2D eigenvalue weighted by Gasteiger charge is -1.99. The highest BCUT2D eigenvalue weighted by molar-refractivity contribution is 9.10. The van der Waals surface area contributed by atoms with E-state index in [1.807, 2.05) is 53.3 Å². The third-order valence-electron chi connectivity index (χ3n) is 2.87. The van der Waals surface area contributed by atoms with Crippen molar-refractivity contribution in [2.45, 2.75) is 6.54 Å². The van der Waals surface area contributed by atoms with Crippen LogP contribution in [0, 0.1) is 0 Å². The second kappa shape index (κ2) is 5.36. The highest BCUT2D eigenvalue weighted by atomic mass is 79.9. The van der Waals surface area contributed by atoms with Crippen molar-refractivity contribution in [2.24, 2.45) is 0 Å². The van der Waals surface area contributed by atoms with Gasteiger partial charge in [0, 0.05) is 10.0 Å². The Balaban J connectivity index is 1.82. The molecule has 3 nitrogen and oxygen atoms in total. The highest BCUT2D eigenvalue weighted by Gasteiger charge is 2.04. The Morgan fingerprint density at radius 2 is 1.68 bits per heavy atom. The van der Waals surface area contributed by atoms with E-state index in [1.165, 1.54) is 5.56 Å². The number of hydrogen-bond donors (Lipinski definition) is 0. The average Bonchev–Trinajstić information content (AvgIpc) is 2.89. The van der Waals surface area contributed by atoms with Crippen molar-refractivity contribution in [3.8, 4) is 11.3 Å². The summed E-state index contributed by atoms with van der Waals surface area (Å²) in [5.74, 6) is 0. The lowest BCUT2D eigenvalue weighted by atomic mass is 10.2. The average molecular weight is 314 g/mol. The minimum Gasteiger partial charge on any atom is -0.247 e. The number of halogens is 1. The van der Waals surface area contributed by atoms with Crippen molar-refractivity contribution in [1.29, 1.82) is 0 Å². The molecule has 0 unspecified atom stereocenters. The molecule has 3 aromatic rings. The number of rotatable bonds is 3. The molecule has 0 atom stereocenters. The van der Waals surface area contributed by atoms with Crippen LogP contribution in [0.25, 0.3) is 11.3 Å². The maximum absolute atomic E-state index is 4.21. The highest BCUT2D eigenvalue weighted by Crippen LogP contribution is 2.19. The van der Waals surface area contributed by atoms with Gasteiger partial charge in [-0.2, -0.15) is 0 Å². The van der Waals surface area contributed by atoms with Gasteiger partial charge < -0.3 is 0 Å². The summed E-state index contributed by atoms with van der Waals surface area (Å²) in [6, 6.07) is 18.3. The first-order valence-electron chi connectivity index (χ1n) is 6.01. The van der Waals surface area contributed by atoms with E-state index in [4.69, 9.17) is 0 Å². The Hall–Kier alpha value is -1.94. The molecule has 3 rings (SSSR count). The zero-order chi connectivity index (χ0) is 13.1. The van der Waals surface area contributed by atoms with Crippen LogP contribution in [-0.4, -0.2) is 15.0 Å². The van der Waals surface area contributed by atoms with E-state index in [9.17, 15) is 0 Å². The molecule has 19 heavy (non-hydrogen) atoms. The summed E-state index contributed by atoms with van der Waals surface area (Å²) in [6.07, 6.45) is 1.97. The molecule has 94 valence electrons. The molecule has 0 fully saturated rings. The smallest absolute Gasteiger partial charge is 0.113 e. The van der Waals surface area contributed by atoms with E-state index in [0.29, 0.717) is 0 Å². The SMILES string of the molecule is Brc1ccc(-c2cn(Cc3ccccc3)nn2)cc1. The second-order valence-electron chi connectivity index (χ2n) is 4.29. The fourth-order valence-corrected chi connectivity index (χ4v) is 2.16. The number of benzene rings is 2. The molecular formula is C15H12BrN3. The molecule has 0 saturated carbocycles. The van der Waals surface area contributed by atoms with E-state index >= 15 is 0 Å². The Bertz CT molecular complexity index is 659. The van der Waals surface area contributed by atoms with Gasteiger partial charge in [0.05, 0.1) is 12.7 Å². The third-order valence-corrected chi connectivity index (χ3v) is 3.39. The Labute approximate surface area is 120 Å². The van der Waals surface area contributed by atoms with Crippen LogP contribution in [0.2, 0.25) is 0 Å². The molecule has 0 aliphatic heterocycles. The fourth-order valence-electron chi connectivity index (χ4n) is 1.90. The molecule has 2 aromatic carbocycles. The molecular weight excluding hydrogens is 302 g/mol. The zero-order valence-electron chi connectivity index (χ0n) is 10.2. The van der Waals surface area contributed by atoms with Crippen molar-refractivity contribution in [3.05, 3.63) is 70.8 Å². The van der Waals surface area contributed by atoms with E-state index < -0.39 is 0 Å². The standard InChI is InChI=1S/C15H12BrN3/c16-14-8-6-13(7-9-14)15-11-19(18-17-15)10-12-4-2-1-3-5-12/h1-9,11H,10H2. The number of hydrogen-bond acceptors (Lipinski definition) is 2. The number of aromatic nitrogens is 3. The summed E-state index contributed by atoms with van der Waals surface area (Å²) >= 11 is 3.43. The van der Waals surface area contributed by atoms with Gasteiger partial charge in [0.1, 0.15) is 5.69 Å². The van der Waals surface area contributed by atoms with Crippen molar-refractivity contribution < 1.29 is 0 Å². The predicted octanol–water partition coefficient (Wildman–Crippen LogP) is 3.76. The van der Waals surface area contributed by atoms with Crippen molar-refractivity contribution in [2.75, 3.05) is 0 Å². The molecule has 0 saturated heterocycles. The minimum atomic E-state index is 0.740. The molecule has 0 aliphatic carbocycles. The van der Waals surface area contributed by atoms with Crippen LogP contribution in [0.4, 0.5) is 0 Å². The van der Waals surface area contributed by atoms with E-state index in [-0.39, 0.29) is 0 Å². The first-order chi connectivity index (χ1) is 9.31. The van der Waals surface area contributed by atoms with Gasteiger partial charge in [0.15, 0.2) is 0 Å². The van der Waals surface area contributed by atoms with Crippen molar-refractivity contribution >= 4 is 15.9 Å². The summed E-state index contributed by atoms with van der Waals surface area (Å²) in [6.45, 7) is 0.740. The molecule has 0 bridgehead atoms. The van der Waals surface area contributed by atoms with Crippen LogP contribution < -0.4 is 0 Å². The predicted molar refractivity (Wildman–Crippen MR) is 78.7 cm³/mol. The van der Waals surface area contributed by atoms with Gasteiger partial charge in [-0.15, -0.1) is 5.10 Å². The normalized spacial score (nSPS) is 10.6. The van der Waals surface area contributed by atoms with Crippen LogP contribution in [0.5, 0.6) is 0 Å². The lowest BCUT2D eigenvalue weighted by Crippen LogP contribution is -1.99. The van der Waals surface area contributed by atoms with Gasteiger partial charge in [-0.25, -0.2) is 4.68 Å². The molecule has 1 heterocycles. The summed E-state index contributed by atoms with van der Waals surface area (Å²) in [5.41, 5.74) is 3.18. The van der Waals surface area contributed by atoms with Gasteiger partial charge in [0.2, 0.25) is 0 Å². The Morgan fingerprint density at radius 3 is 2.42 bits per heavy atom. The molecule has 0 aliphatic rings. The Morgan fingerprint density at radius 1 is 0.947 bits per heavy atom. The summed E-state index contributed by atoms with van der Waals surface area (Å²) in [4.78, 5) is 0. The van der Waals surface area contributed by atoms with E-state index in [2.05, 4.69) is 38.4 Å². The van der Waals surface area contributed by atoms with Crippen LogP contribution in [-0.2, 0) is 6.54 Å². The van der Waals surface area contributed by atoms with Crippen LogP contribution in [0.3, 0.4) is 0 Å². The largest absolute Gasteiger partial charge is 0.247 e. The zero-order valence-corrected chi connectivity index (χ0v) is 11.8. The molecule has 4 heteroatoms. The van der Waals surface area contributed by atoms with E-state index in [0.717, 1.165) is 22.3 Å². The third kappa shape index (κ3) is 2.90. The first-order valence-corrected chi connectivity index (χ1v) is 6.80. The quantitative estimate of drug-likeness (QED) is 0.737. The molecule has 1 aromatic heterocycles. The van der Waals surface area contributed by atoms with Crippen LogP contribution >= 0.6 is 15.9 Å². The maximum Gasteiger partial charge on any atom is 0.113 e. The van der Waals surface area contributed by atoms with Crippen molar-refractivity contribution in [3.63, 3.8) is 0 Å². The van der Waals surface area contributed by atoms with Gasteiger partial charge in [0.25, 0.3) is 0 Å². The van der Waals surface area contributed by atoms with Crippen molar-refractivity contribution in [1.82, 2.24) is 15.0 Å². The lowest BCUT2D eigenvalue weighted by molar-refractivity contribution is 0.650. The molecule has 0 amide bonds. The summed E-state index contributed by atoms with van der Waals surface area (Å²) in [7, 11) is 0. The summed E-state index contributed by atoms with van der Waals surface area (Å²) in [5, 5.41) is 8.38. The van der Waals surface area contributed by atoms with Crippen LogP contribution in [0.15, 0.2) is 65.3 Å². The first kappa shape index (κ1) is 12.1. The van der Waals surface area contributed by atoms with E-state index in [1.54, 1.807) is 0 Å². The van der Waals surface area contributed by atoms with Gasteiger partial charge >= 0.3 is 0 Å². The summed E-state index contributed by atoms with van der Waals surface area (Å²) < 4.78 is 2.92. The van der Waals surface area contributed by atoms with Crippen LogP contribution in [0.1, 0.15) is 5.56 Å². The monoisotopic (exact) mass is 313 g/mol. The molecule has 0 radical (unpaired) electrons. The van der Waals surface area contributed by atoms with Gasteiger partial charge in [-0.1, -0.05) is 63.6 Å². The minimum absolute atomic E-state index is 0.740. The molecule has 0 spiro atoms.